The van der Waals surface area contributed by atoms with Crippen LogP contribution in [-0.2, 0) is 24.4 Å². The van der Waals surface area contributed by atoms with Crippen molar-refractivity contribution >= 4 is 11.6 Å². The predicted molar refractivity (Wildman–Crippen MR) is 80.1 cm³/mol. The molecule has 1 unspecified atom stereocenters. The average molecular weight is 307 g/mol. The van der Waals surface area contributed by atoms with Gasteiger partial charge in [-0.3, -0.25) is 11.3 Å². The third-order valence-electron chi connectivity index (χ3n) is 3.80. The first kappa shape index (κ1) is 14.5. The number of nitrogens with one attached hydrogen (secondary N) is 1. The first-order valence-electron chi connectivity index (χ1n) is 6.77. The Morgan fingerprint density at radius 3 is 2.86 bits per heavy atom. The highest BCUT2D eigenvalue weighted by molar-refractivity contribution is 6.31. The Morgan fingerprint density at radius 2 is 2.05 bits per heavy atom. The molecule has 0 saturated carbocycles. The maximum Gasteiger partial charge on any atom is 0.142 e. The molecule has 0 aromatic heterocycles. The van der Waals surface area contributed by atoms with E-state index < -0.39 is 5.82 Å². The fraction of sp³-hybridized carbons (Fsp3) is 0.250. The molecule has 21 heavy (non-hydrogen) atoms. The smallest absolute Gasteiger partial charge is 0.142 e. The van der Waals surface area contributed by atoms with Crippen LogP contribution in [0.5, 0.6) is 0 Å². The second-order valence-corrected chi connectivity index (χ2v) is 5.54. The van der Waals surface area contributed by atoms with Gasteiger partial charge in [0.25, 0.3) is 0 Å². The number of nitrogens with two attached hydrogens (primary N) is 1. The van der Waals surface area contributed by atoms with Crippen LogP contribution in [0.4, 0.5) is 4.39 Å². The molecule has 5 heteroatoms. The molecular weight excluding hydrogens is 291 g/mol. The summed E-state index contributed by atoms with van der Waals surface area (Å²) in [6.07, 6.45) is 0.521. The fourth-order valence-corrected chi connectivity index (χ4v) is 2.81. The number of hydrazine groups is 1. The first-order chi connectivity index (χ1) is 10.2. The minimum atomic E-state index is -0.410. The standard InChI is InChI=1S/C16H16ClFN2O/c17-16-11(2-1-3-14(16)18)7-15(20-19)10-4-5-12-8-21-9-13(12)6-10/h1-6,15,20H,7-9,19H2. The van der Waals surface area contributed by atoms with Crippen LogP contribution >= 0.6 is 11.6 Å². The van der Waals surface area contributed by atoms with Crippen molar-refractivity contribution in [3.8, 4) is 0 Å². The molecule has 2 aromatic rings. The number of fused-ring (bicyclic) bond motifs is 1. The van der Waals surface area contributed by atoms with Gasteiger partial charge < -0.3 is 4.74 Å². The lowest BCUT2D eigenvalue weighted by molar-refractivity contribution is 0.134. The van der Waals surface area contributed by atoms with Crippen molar-refractivity contribution in [3.05, 3.63) is 69.5 Å². The summed E-state index contributed by atoms with van der Waals surface area (Å²) in [5.74, 6) is 5.26. The summed E-state index contributed by atoms with van der Waals surface area (Å²) in [6, 6.07) is 10.8. The molecule has 1 atom stereocenters. The zero-order valence-corrected chi connectivity index (χ0v) is 12.2. The van der Waals surface area contributed by atoms with Crippen molar-refractivity contribution in [3.63, 3.8) is 0 Å². The Bertz CT molecular complexity index is 663. The zero-order chi connectivity index (χ0) is 14.8. The van der Waals surface area contributed by atoms with Crippen LogP contribution in [0.3, 0.4) is 0 Å². The Kier molecular flexibility index (Phi) is 4.22. The van der Waals surface area contributed by atoms with Crippen LogP contribution < -0.4 is 11.3 Å². The topological polar surface area (TPSA) is 47.3 Å². The van der Waals surface area contributed by atoms with Gasteiger partial charge in [-0.2, -0.15) is 0 Å². The van der Waals surface area contributed by atoms with Crippen LogP contribution in [0.25, 0.3) is 0 Å². The molecule has 110 valence electrons. The zero-order valence-electron chi connectivity index (χ0n) is 11.4. The number of halogens is 2. The highest BCUT2D eigenvalue weighted by Gasteiger charge is 2.17. The molecule has 2 aromatic carbocycles. The highest BCUT2D eigenvalue weighted by Crippen LogP contribution is 2.28. The Balaban J connectivity index is 1.87. The van der Waals surface area contributed by atoms with Crippen LogP contribution in [0.2, 0.25) is 5.02 Å². The number of hydrogen-bond donors (Lipinski definition) is 2. The molecular formula is C16H16ClFN2O. The molecule has 3 rings (SSSR count). The van der Waals surface area contributed by atoms with Crippen LogP contribution in [0, 0.1) is 5.82 Å². The van der Waals surface area contributed by atoms with E-state index in [9.17, 15) is 4.39 Å². The quantitative estimate of drug-likeness (QED) is 0.673. The van der Waals surface area contributed by atoms with E-state index in [1.165, 1.54) is 17.2 Å². The van der Waals surface area contributed by atoms with E-state index in [0.29, 0.717) is 19.6 Å². The van der Waals surface area contributed by atoms with Crippen molar-refractivity contribution in [1.82, 2.24) is 5.43 Å². The lowest BCUT2D eigenvalue weighted by atomic mass is 9.96. The summed E-state index contributed by atoms with van der Waals surface area (Å²) in [5, 5.41) is 0.155. The van der Waals surface area contributed by atoms with E-state index in [0.717, 1.165) is 11.1 Å². The van der Waals surface area contributed by atoms with Crippen molar-refractivity contribution in [2.75, 3.05) is 0 Å². The third-order valence-corrected chi connectivity index (χ3v) is 4.23. The molecule has 1 aliphatic heterocycles. The van der Waals surface area contributed by atoms with Crippen LogP contribution in [0.15, 0.2) is 36.4 Å². The van der Waals surface area contributed by atoms with Gasteiger partial charge in [0.2, 0.25) is 0 Å². The molecule has 0 bridgehead atoms. The number of ether oxygens (including phenoxy) is 1. The van der Waals surface area contributed by atoms with Gasteiger partial charge in [0.1, 0.15) is 5.82 Å². The second-order valence-electron chi connectivity index (χ2n) is 5.16. The van der Waals surface area contributed by atoms with Crippen molar-refractivity contribution in [2.24, 2.45) is 5.84 Å². The predicted octanol–water partition coefficient (Wildman–Crippen LogP) is 3.26. The second kappa shape index (κ2) is 6.12. The monoisotopic (exact) mass is 306 g/mol. The maximum atomic E-state index is 13.5. The van der Waals surface area contributed by atoms with Crippen molar-refractivity contribution < 1.29 is 9.13 Å². The molecule has 0 aliphatic carbocycles. The minimum absolute atomic E-state index is 0.129. The molecule has 0 fully saturated rings. The molecule has 1 aliphatic rings. The Labute approximate surface area is 127 Å². The van der Waals surface area contributed by atoms with E-state index in [4.69, 9.17) is 22.2 Å². The number of rotatable bonds is 4. The fourth-order valence-electron chi connectivity index (χ4n) is 2.61. The largest absolute Gasteiger partial charge is 0.372 e. The lowest BCUT2D eigenvalue weighted by Crippen LogP contribution is -2.29. The van der Waals surface area contributed by atoms with Gasteiger partial charge in [-0.15, -0.1) is 0 Å². The summed E-state index contributed by atoms with van der Waals surface area (Å²) >= 11 is 6.01. The van der Waals surface area contributed by atoms with E-state index in [2.05, 4.69) is 17.6 Å². The Hall–Kier alpha value is -1.46. The van der Waals surface area contributed by atoms with Gasteiger partial charge in [-0.05, 0) is 34.7 Å². The Morgan fingerprint density at radius 1 is 1.24 bits per heavy atom. The third kappa shape index (κ3) is 2.94. The lowest BCUT2D eigenvalue weighted by Gasteiger charge is -2.18. The summed E-state index contributed by atoms with van der Waals surface area (Å²) in [4.78, 5) is 0. The van der Waals surface area contributed by atoms with Crippen molar-refractivity contribution in [2.45, 2.75) is 25.7 Å². The summed E-state index contributed by atoms with van der Waals surface area (Å²) in [5.41, 5.74) is 6.94. The van der Waals surface area contributed by atoms with E-state index in [-0.39, 0.29) is 11.1 Å². The molecule has 1 heterocycles. The van der Waals surface area contributed by atoms with E-state index >= 15 is 0 Å². The van der Waals surface area contributed by atoms with E-state index in [1.54, 1.807) is 6.07 Å². The van der Waals surface area contributed by atoms with Crippen LogP contribution in [0.1, 0.15) is 28.3 Å². The molecule has 0 radical (unpaired) electrons. The summed E-state index contributed by atoms with van der Waals surface area (Å²) in [7, 11) is 0. The number of hydrogen-bond acceptors (Lipinski definition) is 3. The average Bonchev–Trinajstić information content (AvgIpc) is 2.96. The summed E-state index contributed by atoms with van der Waals surface area (Å²) in [6.45, 7) is 1.28. The van der Waals surface area contributed by atoms with Gasteiger partial charge >= 0.3 is 0 Å². The van der Waals surface area contributed by atoms with Crippen LogP contribution in [-0.4, -0.2) is 0 Å². The van der Waals surface area contributed by atoms with E-state index in [1.807, 2.05) is 12.1 Å². The first-order valence-corrected chi connectivity index (χ1v) is 7.15. The molecule has 0 amide bonds. The molecule has 0 saturated heterocycles. The minimum Gasteiger partial charge on any atom is -0.372 e. The van der Waals surface area contributed by atoms with Gasteiger partial charge in [0.05, 0.1) is 24.3 Å². The highest BCUT2D eigenvalue weighted by atomic mass is 35.5. The van der Waals surface area contributed by atoms with Gasteiger partial charge in [-0.25, -0.2) is 4.39 Å². The molecule has 3 N–H and O–H groups in total. The van der Waals surface area contributed by atoms with Crippen molar-refractivity contribution in [1.29, 1.82) is 0 Å². The van der Waals surface area contributed by atoms with Gasteiger partial charge in [0, 0.05) is 0 Å². The summed E-state index contributed by atoms with van der Waals surface area (Å²) < 4.78 is 18.9. The van der Waals surface area contributed by atoms with Gasteiger partial charge in [0.15, 0.2) is 0 Å². The molecule has 0 spiro atoms. The molecule has 3 nitrogen and oxygen atoms in total. The normalized spacial score (nSPS) is 15.0. The van der Waals surface area contributed by atoms with Gasteiger partial charge in [-0.1, -0.05) is 41.9 Å². The maximum absolute atomic E-state index is 13.5. The number of benzene rings is 2. The SMILES string of the molecule is NNC(Cc1cccc(F)c1Cl)c1ccc2c(c1)COC2.